The molecule has 0 bridgehead atoms. The van der Waals surface area contributed by atoms with Gasteiger partial charge in [-0.15, -0.1) is 0 Å². The maximum atomic E-state index is 11.6. The Hall–Kier alpha value is -2.68. The lowest BCUT2D eigenvalue weighted by molar-refractivity contribution is -0.436. The van der Waals surface area contributed by atoms with E-state index in [4.69, 9.17) is 4.74 Å². The number of carbonyl (C=O) groups excluding carboxylic acids is 2. The van der Waals surface area contributed by atoms with Gasteiger partial charge >= 0.3 is 0 Å². The van der Waals surface area contributed by atoms with Gasteiger partial charge in [-0.3, -0.25) is 14.9 Å². The number of nitrogens with zero attached hydrogens (tertiary/aromatic N) is 1. The third kappa shape index (κ3) is 4.73. The van der Waals surface area contributed by atoms with E-state index in [9.17, 15) is 24.8 Å². The van der Waals surface area contributed by atoms with Crippen LogP contribution in [-0.4, -0.2) is 29.4 Å². The topological polar surface area (TPSA) is 149 Å². The number of amides is 1. The van der Waals surface area contributed by atoms with Crippen molar-refractivity contribution in [3.05, 3.63) is 28.3 Å². The number of carbonyl (C=O) groups is 2. The smallest absolute Gasteiger partial charge is 0.296 e. The molecule has 1 aromatic carbocycles. The zero-order valence-electron chi connectivity index (χ0n) is 11.3. The van der Waals surface area contributed by atoms with Crippen molar-refractivity contribution in [2.75, 3.05) is 11.9 Å². The highest BCUT2D eigenvalue weighted by atomic mass is 16.6. The third-order valence-electron chi connectivity index (χ3n) is 2.52. The van der Waals surface area contributed by atoms with E-state index in [1.807, 2.05) is 0 Å². The van der Waals surface area contributed by atoms with Crippen LogP contribution >= 0.6 is 0 Å². The average Bonchev–Trinajstić information content (AvgIpc) is 2.40. The third-order valence-corrected chi connectivity index (χ3v) is 2.52. The van der Waals surface area contributed by atoms with E-state index in [2.05, 4.69) is 11.1 Å². The molecule has 0 saturated heterocycles. The van der Waals surface area contributed by atoms with E-state index in [-0.39, 0.29) is 11.4 Å². The number of aliphatic carboxylic acids is 1. The van der Waals surface area contributed by atoms with Crippen LogP contribution in [0.1, 0.15) is 13.3 Å². The molecule has 1 rings (SSSR count). The SMILES string of the molecule is CCOc1ccc(NC(=O)C[C@@H]([NH3+])C(=O)[O-])c([N+](=O)[O-])c1. The Kier molecular flexibility index (Phi) is 5.61. The number of carboxylic acid groups (broad SMARTS) is 1. The number of nitrogens with one attached hydrogen (secondary N) is 1. The van der Waals surface area contributed by atoms with Crippen molar-refractivity contribution in [3.8, 4) is 5.75 Å². The molecule has 1 atom stereocenters. The molecule has 1 amide bonds. The van der Waals surface area contributed by atoms with E-state index in [0.29, 0.717) is 12.4 Å². The van der Waals surface area contributed by atoms with Crippen molar-refractivity contribution in [1.29, 1.82) is 0 Å². The van der Waals surface area contributed by atoms with Crippen molar-refractivity contribution in [2.45, 2.75) is 19.4 Å². The van der Waals surface area contributed by atoms with Gasteiger partial charge in [0.2, 0.25) is 5.91 Å². The average molecular weight is 297 g/mol. The number of hydrogen-bond acceptors (Lipinski definition) is 6. The number of hydrogen-bond donors (Lipinski definition) is 2. The van der Waals surface area contributed by atoms with Gasteiger partial charge in [0.25, 0.3) is 5.69 Å². The number of rotatable bonds is 7. The lowest BCUT2D eigenvalue weighted by Gasteiger charge is -2.11. The summed E-state index contributed by atoms with van der Waals surface area (Å²) < 4.78 is 5.14. The van der Waals surface area contributed by atoms with Gasteiger partial charge in [0.15, 0.2) is 0 Å². The first-order valence-electron chi connectivity index (χ1n) is 6.10. The Bertz CT molecular complexity index is 560. The summed E-state index contributed by atoms with van der Waals surface area (Å²) >= 11 is 0. The Morgan fingerprint density at radius 2 is 2.14 bits per heavy atom. The molecule has 0 aliphatic rings. The van der Waals surface area contributed by atoms with E-state index >= 15 is 0 Å². The van der Waals surface area contributed by atoms with E-state index in [1.54, 1.807) is 6.92 Å². The Labute approximate surface area is 119 Å². The van der Waals surface area contributed by atoms with Gasteiger partial charge in [-0.05, 0) is 19.1 Å². The Morgan fingerprint density at radius 1 is 1.48 bits per heavy atom. The van der Waals surface area contributed by atoms with Crippen LogP contribution in [0, 0.1) is 10.1 Å². The van der Waals surface area contributed by atoms with Gasteiger partial charge in [0.05, 0.1) is 30.0 Å². The second-order valence-electron chi connectivity index (χ2n) is 4.14. The molecule has 114 valence electrons. The molecule has 9 heteroatoms. The van der Waals surface area contributed by atoms with Gasteiger partial charge in [0, 0.05) is 0 Å². The number of quaternary nitrogens is 1. The minimum Gasteiger partial charge on any atom is -0.544 e. The zero-order chi connectivity index (χ0) is 16.0. The summed E-state index contributed by atoms with van der Waals surface area (Å²) in [7, 11) is 0. The van der Waals surface area contributed by atoms with Crippen molar-refractivity contribution in [1.82, 2.24) is 0 Å². The molecule has 0 aromatic heterocycles. The molecular weight excluding hydrogens is 282 g/mol. The van der Waals surface area contributed by atoms with Crippen molar-refractivity contribution >= 4 is 23.3 Å². The molecule has 0 fully saturated rings. The molecule has 0 heterocycles. The molecule has 9 nitrogen and oxygen atoms in total. The summed E-state index contributed by atoms with van der Waals surface area (Å²) in [5.41, 5.74) is 2.85. The summed E-state index contributed by atoms with van der Waals surface area (Å²) in [4.78, 5) is 32.4. The fraction of sp³-hybridized carbons (Fsp3) is 0.333. The first-order valence-corrected chi connectivity index (χ1v) is 6.10. The highest BCUT2D eigenvalue weighted by Crippen LogP contribution is 2.29. The highest BCUT2D eigenvalue weighted by Gasteiger charge is 2.19. The summed E-state index contributed by atoms with van der Waals surface area (Å²) in [6.07, 6.45) is -0.438. The standard InChI is InChI=1S/C12H15N3O6/c1-2-21-7-3-4-9(10(5-7)15(19)20)14-11(16)6-8(13)12(17)18/h3-5,8H,2,6,13H2,1H3,(H,14,16)(H,17,18)/t8-/m1/s1. The van der Waals surface area contributed by atoms with Crippen LogP contribution in [0.25, 0.3) is 0 Å². The molecule has 1 aromatic rings. The van der Waals surface area contributed by atoms with Crippen molar-refractivity contribution < 1.29 is 30.1 Å². The summed E-state index contributed by atoms with van der Waals surface area (Å²) in [6.45, 7) is 2.08. The number of ether oxygens (including phenoxy) is 1. The van der Waals surface area contributed by atoms with Gasteiger partial charge < -0.3 is 25.7 Å². The lowest BCUT2D eigenvalue weighted by atomic mass is 10.2. The second kappa shape index (κ2) is 7.20. The lowest BCUT2D eigenvalue weighted by Crippen LogP contribution is -2.69. The largest absolute Gasteiger partial charge is 0.544 e. The predicted molar refractivity (Wildman–Crippen MR) is 69.2 cm³/mol. The van der Waals surface area contributed by atoms with Crippen LogP contribution in [0.2, 0.25) is 0 Å². The van der Waals surface area contributed by atoms with Crippen LogP contribution in [0.4, 0.5) is 11.4 Å². The van der Waals surface area contributed by atoms with E-state index in [1.165, 1.54) is 18.2 Å². The molecule has 0 radical (unpaired) electrons. The van der Waals surface area contributed by atoms with E-state index in [0.717, 1.165) is 0 Å². The van der Waals surface area contributed by atoms with Gasteiger partial charge in [-0.25, -0.2) is 0 Å². The van der Waals surface area contributed by atoms with Crippen LogP contribution in [0.15, 0.2) is 18.2 Å². The van der Waals surface area contributed by atoms with Gasteiger partial charge in [0.1, 0.15) is 17.5 Å². The molecule has 0 unspecified atom stereocenters. The predicted octanol–water partition coefficient (Wildman–Crippen LogP) is -1.32. The first kappa shape index (κ1) is 16.4. The Morgan fingerprint density at radius 3 is 2.67 bits per heavy atom. The van der Waals surface area contributed by atoms with Crippen molar-refractivity contribution in [2.24, 2.45) is 0 Å². The van der Waals surface area contributed by atoms with Crippen LogP contribution in [0.5, 0.6) is 5.75 Å². The number of nitro groups is 1. The van der Waals surface area contributed by atoms with Crippen LogP contribution < -0.4 is 20.9 Å². The molecule has 0 aliphatic carbocycles. The number of anilines is 1. The second-order valence-corrected chi connectivity index (χ2v) is 4.14. The fourth-order valence-electron chi connectivity index (χ4n) is 1.53. The monoisotopic (exact) mass is 297 g/mol. The number of carboxylic acids is 1. The first-order chi connectivity index (χ1) is 9.85. The van der Waals surface area contributed by atoms with Crippen molar-refractivity contribution in [3.63, 3.8) is 0 Å². The molecule has 0 aliphatic heterocycles. The Balaban J connectivity index is 2.89. The number of nitro benzene ring substituents is 1. The minimum atomic E-state index is -1.47. The highest BCUT2D eigenvalue weighted by molar-refractivity contribution is 5.95. The molecule has 0 saturated carbocycles. The number of benzene rings is 1. The van der Waals surface area contributed by atoms with E-state index < -0.39 is 29.3 Å². The summed E-state index contributed by atoms with van der Waals surface area (Å²) in [6, 6.07) is 2.73. The zero-order valence-corrected chi connectivity index (χ0v) is 11.3. The van der Waals surface area contributed by atoms with Crippen LogP contribution in [0.3, 0.4) is 0 Å². The normalized spacial score (nSPS) is 11.5. The van der Waals surface area contributed by atoms with Gasteiger partial charge in [-0.2, -0.15) is 0 Å². The van der Waals surface area contributed by atoms with Crippen LogP contribution in [-0.2, 0) is 9.59 Å². The fourth-order valence-corrected chi connectivity index (χ4v) is 1.53. The van der Waals surface area contributed by atoms with Gasteiger partial charge in [-0.1, -0.05) is 0 Å². The molecule has 21 heavy (non-hydrogen) atoms. The molecular formula is C12H15N3O6. The molecule has 0 spiro atoms. The minimum absolute atomic E-state index is 0.0426. The summed E-state index contributed by atoms with van der Waals surface area (Å²) in [5, 5.41) is 23.8. The summed E-state index contributed by atoms with van der Waals surface area (Å²) in [5.74, 6) is -1.87. The molecule has 4 N–H and O–H groups in total. The maximum absolute atomic E-state index is 11.6. The maximum Gasteiger partial charge on any atom is 0.296 e. The quantitative estimate of drug-likeness (QED) is 0.471.